The van der Waals surface area contributed by atoms with Crippen LogP contribution in [-0.2, 0) is 6.42 Å². The molecule has 0 fully saturated rings. The first-order valence-electron chi connectivity index (χ1n) is 12.7. The van der Waals surface area contributed by atoms with Gasteiger partial charge in [0.1, 0.15) is 11.3 Å². The Bertz CT molecular complexity index is 2050. The number of aromatic nitrogens is 1. The second-order valence-corrected chi connectivity index (χ2v) is 9.97. The van der Waals surface area contributed by atoms with Gasteiger partial charge in [0.05, 0.1) is 16.7 Å². The Morgan fingerprint density at radius 2 is 1.36 bits per heavy atom. The van der Waals surface area contributed by atoms with E-state index < -0.39 is 0 Å². The van der Waals surface area contributed by atoms with E-state index >= 15 is 0 Å². The van der Waals surface area contributed by atoms with Gasteiger partial charge in [0.25, 0.3) is 0 Å². The molecule has 2 aliphatic rings. The van der Waals surface area contributed by atoms with Gasteiger partial charge in [-0.25, -0.2) is 0 Å². The van der Waals surface area contributed by atoms with E-state index in [2.05, 4.69) is 108 Å². The van der Waals surface area contributed by atoms with Gasteiger partial charge >= 0.3 is 0 Å². The molecule has 36 heavy (non-hydrogen) atoms. The SMILES string of the molecule is C1=Cc2c(oc3c4c(ccc23)-c2ccc(-n3c5ccccc5c5ccccc53)c3cccc-4c23)CC1. The second-order valence-electron chi connectivity index (χ2n) is 9.97. The van der Waals surface area contributed by atoms with Crippen LogP contribution in [0.1, 0.15) is 17.7 Å². The second kappa shape index (κ2) is 6.56. The average Bonchev–Trinajstić information content (AvgIpc) is 3.58. The first-order chi connectivity index (χ1) is 17.9. The lowest BCUT2D eigenvalue weighted by Crippen LogP contribution is -1.95. The normalized spacial score (nSPS) is 13.8. The van der Waals surface area contributed by atoms with Crippen LogP contribution in [0, 0.1) is 0 Å². The number of benzene rings is 5. The van der Waals surface area contributed by atoms with Crippen LogP contribution in [0.15, 0.2) is 101 Å². The molecule has 5 aromatic carbocycles. The number of nitrogens with zero attached hydrogens (tertiary/aromatic N) is 1. The standard InChI is InChI=1S/C34H21NO/c1-4-13-28-20(8-1)21-9-2-5-14-29(21)35(28)30-19-18-23-24-16-17-25-22-10-3-6-15-31(22)36-34(25)33(24)27-12-7-11-26(30)32(23)27/h1-5,7-14,16-19H,6,15H2. The zero-order valence-electron chi connectivity index (χ0n) is 19.6. The van der Waals surface area contributed by atoms with Crippen molar-refractivity contribution in [3.05, 3.63) is 108 Å². The fourth-order valence-corrected chi connectivity index (χ4v) is 6.71. The molecule has 0 aliphatic heterocycles. The highest BCUT2D eigenvalue weighted by molar-refractivity contribution is 6.23. The van der Waals surface area contributed by atoms with Crippen molar-refractivity contribution >= 4 is 49.6 Å². The average molecular weight is 460 g/mol. The van der Waals surface area contributed by atoms with Gasteiger partial charge in [-0.05, 0) is 52.8 Å². The predicted molar refractivity (Wildman–Crippen MR) is 150 cm³/mol. The zero-order chi connectivity index (χ0) is 23.4. The quantitative estimate of drug-likeness (QED) is 0.239. The predicted octanol–water partition coefficient (Wildman–Crippen LogP) is 9.29. The van der Waals surface area contributed by atoms with Crippen molar-refractivity contribution in [2.75, 3.05) is 0 Å². The number of hydrogen-bond donors (Lipinski definition) is 0. The molecule has 0 radical (unpaired) electrons. The Morgan fingerprint density at radius 1 is 0.611 bits per heavy atom. The summed E-state index contributed by atoms with van der Waals surface area (Å²) in [6.07, 6.45) is 6.52. The van der Waals surface area contributed by atoms with Crippen LogP contribution in [0.2, 0.25) is 0 Å². The van der Waals surface area contributed by atoms with Crippen LogP contribution in [0.5, 0.6) is 0 Å². The molecule has 0 spiro atoms. The fourth-order valence-electron chi connectivity index (χ4n) is 6.71. The van der Waals surface area contributed by atoms with Gasteiger partial charge in [-0.1, -0.05) is 78.9 Å². The molecule has 2 aromatic heterocycles. The largest absolute Gasteiger partial charge is 0.460 e. The number of fused-ring (bicyclic) bond motifs is 10. The van der Waals surface area contributed by atoms with Crippen LogP contribution in [0.3, 0.4) is 0 Å². The van der Waals surface area contributed by atoms with E-state index in [1.165, 1.54) is 71.5 Å². The lowest BCUT2D eigenvalue weighted by Gasteiger charge is -2.13. The number of allylic oxidation sites excluding steroid dienone is 1. The molecule has 7 aromatic rings. The molecular weight excluding hydrogens is 438 g/mol. The molecule has 0 bridgehead atoms. The lowest BCUT2D eigenvalue weighted by atomic mass is 9.98. The topological polar surface area (TPSA) is 18.1 Å². The number of para-hydroxylation sites is 2. The summed E-state index contributed by atoms with van der Waals surface area (Å²) >= 11 is 0. The molecule has 0 saturated heterocycles. The van der Waals surface area contributed by atoms with Crippen LogP contribution >= 0.6 is 0 Å². The Kier molecular flexibility index (Phi) is 3.41. The molecule has 0 amide bonds. The van der Waals surface area contributed by atoms with Crippen molar-refractivity contribution in [2.45, 2.75) is 12.8 Å². The summed E-state index contributed by atoms with van der Waals surface area (Å²) < 4.78 is 8.99. The van der Waals surface area contributed by atoms with Gasteiger partial charge in [-0.15, -0.1) is 0 Å². The van der Waals surface area contributed by atoms with Crippen molar-refractivity contribution in [1.82, 2.24) is 4.57 Å². The first kappa shape index (κ1) is 18.7. The Hall–Kier alpha value is -4.56. The Morgan fingerprint density at radius 3 is 2.19 bits per heavy atom. The third kappa shape index (κ3) is 2.18. The summed E-state index contributed by atoms with van der Waals surface area (Å²) in [5.41, 5.74) is 11.1. The van der Waals surface area contributed by atoms with Crippen molar-refractivity contribution in [2.24, 2.45) is 0 Å². The maximum Gasteiger partial charge on any atom is 0.143 e. The van der Waals surface area contributed by atoms with Crippen molar-refractivity contribution in [3.63, 3.8) is 0 Å². The van der Waals surface area contributed by atoms with E-state index in [0.717, 1.165) is 24.2 Å². The summed E-state index contributed by atoms with van der Waals surface area (Å²) in [5, 5.41) is 6.40. The first-order valence-corrected chi connectivity index (χ1v) is 12.7. The van der Waals surface area contributed by atoms with Crippen LogP contribution < -0.4 is 0 Å². The van der Waals surface area contributed by atoms with Gasteiger partial charge < -0.3 is 8.98 Å². The summed E-state index contributed by atoms with van der Waals surface area (Å²) in [6.45, 7) is 0. The summed E-state index contributed by atoms with van der Waals surface area (Å²) in [6, 6.07) is 33.4. The number of furan rings is 1. The van der Waals surface area contributed by atoms with Gasteiger partial charge in [0, 0.05) is 39.1 Å². The molecule has 0 N–H and O–H groups in total. The van der Waals surface area contributed by atoms with E-state index in [4.69, 9.17) is 4.42 Å². The maximum atomic E-state index is 6.56. The lowest BCUT2D eigenvalue weighted by molar-refractivity contribution is 0.547. The highest BCUT2D eigenvalue weighted by Crippen LogP contribution is 2.52. The van der Waals surface area contributed by atoms with E-state index in [9.17, 15) is 0 Å². The Balaban J connectivity index is 1.40. The minimum atomic E-state index is 0.977. The molecular formula is C34H21NO. The molecule has 0 unspecified atom stereocenters. The molecule has 2 nitrogen and oxygen atoms in total. The molecule has 2 heteroatoms. The van der Waals surface area contributed by atoms with Gasteiger partial charge in [0.2, 0.25) is 0 Å². The van der Waals surface area contributed by atoms with Crippen LogP contribution in [0.4, 0.5) is 0 Å². The third-order valence-corrected chi connectivity index (χ3v) is 8.19. The summed E-state index contributed by atoms with van der Waals surface area (Å²) in [7, 11) is 0. The number of aryl methyl sites for hydroxylation is 1. The monoisotopic (exact) mass is 459 g/mol. The molecule has 2 aliphatic carbocycles. The van der Waals surface area contributed by atoms with Gasteiger partial charge in [-0.2, -0.15) is 0 Å². The van der Waals surface area contributed by atoms with E-state index in [-0.39, 0.29) is 0 Å². The van der Waals surface area contributed by atoms with E-state index in [1.807, 2.05) is 0 Å². The van der Waals surface area contributed by atoms with E-state index in [0.29, 0.717) is 0 Å². The van der Waals surface area contributed by atoms with Gasteiger partial charge in [-0.3, -0.25) is 0 Å². The zero-order valence-corrected chi connectivity index (χ0v) is 19.6. The molecule has 0 saturated carbocycles. The highest BCUT2D eigenvalue weighted by atomic mass is 16.3. The molecule has 2 heterocycles. The third-order valence-electron chi connectivity index (χ3n) is 8.19. The van der Waals surface area contributed by atoms with Crippen molar-refractivity contribution in [1.29, 1.82) is 0 Å². The Labute approximate surface area is 207 Å². The molecule has 0 atom stereocenters. The summed E-state index contributed by atoms with van der Waals surface area (Å²) in [5.74, 6) is 1.12. The number of rotatable bonds is 1. The molecule has 168 valence electrons. The number of hydrogen-bond acceptors (Lipinski definition) is 1. The smallest absolute Gasteiger partial charge is 0.143 e. The van der Waals surface area contributed by atoms with Crippen LogP contribution in [-0.4, -0.2) is 4.57 Å². The van der Waals surface area contributed by atoms with E-state index in [1.54, 1.807) is 0 Å². The fraction of sp³-hybridized carbons (Fsp3) is 0.0588. The van der Waals surface area contributed by atoms with Crippen molar-refractivity contribution < 1.29 is 4.42 Å². The minimum absolute atomic E-state index is 0.977. The minimum Gasteiger partial charge on any atom is -0.460 e. The maximum absolute atomic E-state index is 6.56. The molecule has 9 rings (SSSR count). The summed E-state index contributed by atoms with van der Waals surface area (Å²) in [4.78, 5) is 0. The van der Waals surface area contributed by atoms with Crippen LogP contribution in [0.25, 0.3) is 77.6 Å². The van der Waals surface area contributed by atoms with Gasteiger partial charge in [0.15, 0.2) is 0 Å². The van der Waals surface area contributed by atoms with Crippen molar-refractivity contribution in [3.8, 4) is 27.9 Å². The highest BCUT2D eigenvalue weighted by Gasteiger charge is 2.28.